The molecule has 0 spiro atoms. The quantitative estimate of drug-likeness (QED) is 0.773. The minimum Gasteiger partial charge on any atom is -0.484 e. The Morgan fingerprint density at radius 2 is 2.00 bits per heavy atom. The van der Waals surface area contributed by atoms with Crippen LogP contribution < -0.4 is 4.74 Å². The van der Waals surface area contributed by atoms with Gasteiger partial charge in [-0.3, -0.25) is 9.69 Å². The molecule has 1 aromatic carbocycles. The van der Waals surface area contributed by atoms with Gasteiger partial charge >= 0.3 is 0 Å². The highest BCUT2D eigenvalue weighted by atomic mass is 16.5. The van der Waals surface area contributed by atoms with Gasteiger partial charge in [-0.15, -0.1) is 0 Å². The fourth-order valence-electron chi connectivity index (χ4n) is 4.56. The molecule has 1 amide bonds. The van der Waals surface area contributed by atoms with E-state index in [4.69, 9.17) is 4.74 Å². The second-order valence-corrected chi connectivity index (χ2v) is 7.83. The fraction of sp³-hybridized carbons (Fsp3) is 0.571. The van der Waals surface area contributed by atoms with Crippen LogP contribution in [0.25, 0.3) is 0 Å². The molecular formula is C21H28N2O2. The van der Waals surface area contributed by atoms with Crippen molar-refractivity contribution in [2.45, 2.75) is 19.8 Å². The summed E-state index contributed by atoms with van der Waals surface area (Å²) in [5, 5.41) is 0. The van der Waals surface area contributed by atoms with E-state index in [0.717, 1.165) is 55.2 Å². The van der Waals surface area contributed by atoms with Gasteiger partial charge in [-0.1, -0.05) is 24.3 Å². The van der Waals surface area contributed by atoms with E-state index in [-0.39, 0.29) is 12.5 Å². The van der Waals surface area contributed by atoms with E-state index in [9.17, 15) is 4.79 Å². The molecule has 4 heteroatoms. The highest BCUT2D eigenvalue weighted by Gasteiger charge is 2.36. The van der Waals surface area contributed by atoms with E-state index >= 15 is 0 Å². The molecule has 0 N–H and O–H groups in total. The second kappa shape index (κ2) is 7.20. The van der Waals surface area contributed by atoms with E-state index in [2.05, 4.69) is 17.1 Å². The van der Waals surface area contributed by atoms with Gasteiger partial charge in [0.1, 0.15) is 5.75 Å². The van der Waals surface area contributed by atoms with Gasteiger partial charge < -0.3 is 9.64 Å². The molecule has 2 bridgehead atoms. The summed E-state index contributed by atoms with van der Waals surface area (Å²) in [6, 6.07) is 7.86. The summed E-state index contributed by atoms with van der Waals surface area (Å²) in [5.41, 5.74) is 1.15. The van der Waals surface area contributed by atoms with E-state index in [1.807, 2.05) is 36.1 Å². The van der Waals surface area contributed by atoms with Crippen molar-refractivity contribution in [2.24, 2.45) is 17.8 Å². The first kappa shape index (κ1) is 16.6. The average Bonchev–Trinajstić information content (AvgIpc) is 3.23. The molecule has 134 valence electrons. The molecule has 25 heavy (non-hydrogen) atoms. The Bertz CT molecular complexity index is 649. The molecule has 2 aliphatic carbocycles. The maximum atomic E-state index is 12.4. The van der Waals surface area contributed by atoms with Gasteiger partial charge in [0, 0.05) is 32.7 Å². The van der Waals surface area contributed by atoms with Crippen LogP contribution >= 0.6 is 0 Å². The van der Waals surface area contributed by atoms with Gasteiger partial charge in [0.2, 0.25) is 0 Å². The van der Waals surface area contributed by atoms with Gasteiger partial charge in [-0.25, -0.2) is 0 Å². The molecule has 1 saturated heterocycles. The van der Waals surface area contributed by atoms with Crippen LogP contribution in [0.4, 0.5) is 0 Å². The lowest BCUT2D eigenvalue weighted by Gasteiger charge is -2.36. The van der Waals surface area contributed by atoms with Crippen molar-refractivity contribution in [3.63, 3.8) is 0 Å². The van der Waals surface area contributed by atoms with Crippen molar-refractivity contribution in [1.29, 1.82) is 0 Å². The lowest BCUT2D eigenvalue weighted by molar-refractivity contribution is -0.135. The third-order valence-electron chi connectivity index (χ3n) is 5.99. The highest BCUT2D eigenvalue weighted by Crippen LogP contribution is 2.43. The topological polar surface area (TPSA) is 32.8 Å². The van der Waals surface area contributed by atoms with Gasteiger partial charge in [0.15, 0.2) is 6.61 Å². The predicted molar refractivity (Wildman–Crippen MR) is 98.5 cm³/mol. The Hall–Kier alpha value is -1.81. The number of fused-ring (bicyclic) bond motifs is 2. The van der Waals surface area contributed by atoms with Crippen molar-refractivity contribution in [2.75, 3.05) is 39.3 Å². The molecule has 3 atom stereocenters. The Labute approximate surface area is 150 Å². The smallest absolute Gasteiger partial charge is 0.260 e. The first-order chi connectivity index (χ1) is 12.2. The number of rotatable bonds is 5. The van der Waals surface area contributed by atoms with Gasteiger partial charge in [0.05, 0.1) is 0 Å². The van der Waals surface area contributed by atoms with E-state index < -0.39 is 0 Å². The van der Waals surface area contributed by atoms with Crippen LogP contribution in [-0.4, -0.2) is 55.0 Å². The van der Waals surface area contributed by atoms with Gasteiger partial charge in [0.25, 0.3) is 5.91 Å². The van der Waals surface area contributed by atoms with Crippen molar-refractivity contribution in [3.05, 3.63) is 42.0 Å². The van der Waals surface area contributed by atoms with Crippen LogP contribution in [0.3, 0.4) is 0 Å². The maximum Gasteiger partial charge on any atom is 0.260 e. The van der Waals surface area contributed by atoms with Crippen molar-refractivity contribution in [1.82, 2.24) is 9.80 Å². The molecule has 4 rings (SSSR count). The normalized spacial score (nSPS) is 28.5. The van der Waals surface area contributed by atoms with Gasteiger partial charge in [-0.2, -0.15) is 0 Å². The summed E-state index contributed by atoms with van der Waals surface area (Å²) in [6.07, 6.45) is 7.58. The number of aryl methyl sites for hydroxylation is 1. The number of carbonyl (C=O) groups is 1. The minimum atomic E-state index is 0.101. The van der Waals surface area contributed by atoms with E-state index in [1.165, 1.54) is 19.4 Å². The summed E-state index contributed by atoms with van der Waals surface area (Å²) in [4.78, 5) is 16.9. The highest BCUT2D eigenvalue weighted by molar-refractivity contribution is 5.77. The number of ether oxygens (including phenoxy) is 1. The largest absolute Gasteiger partial charge is 0.484 e. The lowest BCUT2D eigenvalue weighted by Crippen LogP contribution is -2.51. The number of carbonyl (C=O) groups excluding carboxylic acids is 1. The number of allylic oxidation sites excluding steroid dienone is 2. The zero-order chi connectivity index (χ0) is 17.2. The molecule has 4 nitrogen and oxygen atoms in total. The summed E-state index contributed by atoms with van der Waals surface area (Å²) >= 11 is 0. The number of hydrogen-bond donors (Lipinski definition) is 0. The fourth-order valence-corrected chi connectivity index (χ4v) is 4.56. The minimum absolute atomic E-state index is 0.101. The molecule has 3 aliphatic rings. The van der Waals surface area contributed by atoms with Crippen LogP contribution in [0.5, 0.6) is 5.75 Å². The van der Waals surface area contributed by atoms with Crippen LogP contribution in [0.15, 0.2) is 36.4 Å². The zero-order valence-corrected chi connectivity index (χ0v) is 15.1. The van der Waals surface area contributed by atoms with E-state index in [1.54, 1.807) is 0 Å². The van der Waals surface area contributed by atoms with Crippen LogP contribution in [0.1, 0.15) is 18.4 Å². The molecule has 2 fully saturated rings. The Kier molecular flexibility index (Phi) is 4.80. The monoisotopic (exact) mass is 340 g/mol. The van der Waals surface area contributed by atoms with Gasteiger partial charge in [-0.05, 0) is 55.2 Å². The molecule has 0 radical (unpaired) electrons. The van der Waals surface area contributed by atoms with Crippen LogP contribution in [0.2, 0.25) is 0 Å². The first-order valence-corrected chi connectivity index (χ1v) is 9.55. The predicted octanol–water partition coefficient (Wildman–Crippen LogP) is 2.73. The summed E-state index contributed by atoms with van der Waals surface area (Å²) in [5.74, 6) is 3.37. The summed E-state index contributed by atoms with van der Waals surface area (Å²) in [7, 11) is 0. The molecule has 0 unspecified atom stereocenters. The first-order valence-electron chi connectivity index (χ1n) is 9.55. The zero-order valence-electron chi connectivity index (χ0n) is 15.1. The number of piperazine rings is 1. The molecule has 1 aromatic rings. The maximum absolute atomic E-state index is 12.4. The number of amides is 1. The Morgan fingerprint density at radius 1 is 1.16 bits per heavy atom. The van der Waals surface area contributed by atoms with Crippen LogP contribution in [-0.2, 0) is 4.79 Å². The third kappa shape index (κ3) is 3.90. The Balaban J connectivity index is 1.20. The lowest BCUT2D eigenvalue weighted by atomic mass is 9.93. The van der Waals surface area contributed by atoms with Crippen molar-refractivity contribution in [3.8, 4) is 5.75 Å². The number of benzene rings is 1. The average molecular weight is 340 g/mol. The number of nitrogens with zero attached hydrogens (tertiary/aromatic N) is 2. The van der Waals surface area contributed by atoms with Crippen LogP contribution in [0, 0.1) is 24.7 Å². The van der Waals surface area contributed by atoms with Crippen molar-refractivity contribution < 1.29 is 9.53 Å². The molecule has 1 saturated carbocycles. The number of hydrogen-bond acceptors (Lipinski definition) is 3. The molecule has 1 heterocycles. The Morgan fingerprint density at radius 3 is 2.68 bits per heavy atom. The SMILES string of the molecule is Cc1cccc(OCC(=O)N2CCN(C[C@@H]3C[C@@H]4C=C[C@@H]3C4)CC2)c1. The third-order valence-corrected chi connectivity index (χ3v) is 5.99. The molecule has 0 aromatic heterocycles. The molecular weight excluding hydrogens is 312 g/mol. The molecule has 1 aliphatic heterocycles. The van der Waals surface area contributed by atoms with Crippen molar-refractivity contribution >= 4 is 5.91 Å². The summed E-state index contributed by atoms with van der Waals surface area (Å²) in [6.45, 7) is 7.01. The van der Waals surface area contributed by atoms with E-state index in [0.29, 0.717) is 0 Å². The standard InChI is InChI=1S/C21H28N2O2/c1-16-3-2-4-20(11-16)25-15-21(24)23-9-7-22(8-10-23)14-19-13-17-5-6-18(19)12-17/h2-6,11,17-19H,7-10,12-15H2,1H3/t17-,18-,19+/m1/s1. The summed E-state index contributed by atoms with van der Waals surface area (Å²) < 4.78 is 5.66. The second-order valence-electron chi connectivity index (χ2n) is 7.83.